The molecule has 2 N–H and O–H groups in total. The number of aromatic hydroxyl groups is 1. The molecule has 4 aliphatic rings. The third-order valence-electron chi connectivity index (χ3n) is 9.81. The first-order chi connectivity index (χ1) is 20.4. The molecule has 0 aliphatic carbocycles. The van der Waals surface area contributed by atoms with Gasteiger partial charge >= 0.3 is 6.01 Å². The summed E-state index contributed by atoms with van der Waals surface area (Å²) in [5.41, 5.74) is 0.401. The Hall–Kier alpha value is -3.27. The third kappa shape index (κ3) is 4.12. The van der Waals surface area contributed by atoms with E-state index in [1.807, 2.05) is 24.3 Å². The number of anilines is 1. The summed E-state index contributed by atoms with van der Waals surface area (Å²) in [5.74, 6) is 0.0504. The van der Waals surface area contributed by atoms with Crippen molar-refractivity contribution in [3.63, 3.8) is 0 Å². The Labute approximate surface area is 247 Å². The van der Waals surface area contributed by atoms with Gasteiger partial charge in [-0.25, -0.2) is 8.78 Å². The van der Waals surface area contributed by atoms with Gasteiger partial charge in [0, 0.05) is 49.1 Å². The number of ether oxygens (including phenoxy) is 1. The van der Waals surface area contributed by atoms with Gasteiger partial charge in [0.2, 0.25) is 0 Å². The Morgan fingerprint density at radius 1 is 1.10 bits per heavy atom. The maximum Gasteiger partial charge on any atom is 0.319 e. The standard InChI is InChI=1S/C32H32ClF2N5O2/c33-26-12-25-29(28(35)27(26)24-11-22(41)10-18-4-1-2-5-23(18)24)37-31(38-30(25)40-20-6-7-21(40)15-36-14-20)42-17-32-8-3-9-39(32)16-19(34)13-32/h1-2,4-5,10-12,19-21,36,41H,3,6-9,13-17H2. The molecule has 4 unspecified atom stereocenters. The summed E-state index contributed by atoms with van der Waals surface area (Å²) < 4.78 is 37.5. The predicted octanol–water partition coefficient (Wildman–Crippen LogP) is 5.84. The Bertz CT molecular complexity index is 1710. The van der Waals surface area contributed by atoms with Gasteiger partial charge in [0.05, 0.1) is 10.6 Å². The van der Waals surface area contributed by atoms with Crippen LogP contribution in [0.2, 0.25) is 5.02 Å². The van der Waals surface area contributed by atoms with Crippen molar-refractivity contribution in [3.8, 4) is 22.9 Å². The molecule has 4 aliphatic heterocycles. The number of alkyl halides is 1. The normalized spacial score (nSPS) is 27.3. The zero-order chi connectivity index (χ0) is 28.6. The van der Waals surface area contributed by atoms with Gasteiger partial charge in [-0.2, -0.15) is 9.97 Å². The Morgan fingerprint density at radius 2 is 1.90 bits per heavy atom. The van der Waals surface area contributed by atoms with Crippen LogP contribution in [0.15, 0.2) is 42.5 Å². The first kappa shape index (κ1) is 26.4. The second kappa shape index (κ2) is 9.89. The molecule has 218 valence electrons. The molecule has 5 heterocycles. The van der Waals surface area contributed by atoms with Gasteiger partial charge in [-0.3, -0.25) is 4.90 Å². The molecule has 3 aromatic carbocycles. The van der Waals surface area contributed by atoms with Crippen LogP contribution in [0, 0.1) is 5.82 Å². The van der Waals surface area contributed by atoms with Crippen molar-refractivity contribution in [2.24, 2.45) is 0 Å². The molecule has 0 spiro atoms. The van der Waals surface area contributed by atoms with Crippen molar-refractivity contribution < 1.29 is 18.6 Å². The maximum atomic E-state index is 16.8. The quantitative estimate of drug-likeness (QED) is 0.302. The number of fused-ring (bicyclic) bond motifs is 5. The minimum absolute atomic E-state index is 0.0205. The van der Waals surface area contributed by atoms with Crippen molar-refractivity contribution in [1.82, 2.24) is 20.2 Å². The fourth-order valence-corrected chi connectivity index (χ4v) is 8.24. The third-order valence-corrected chi connectivity index (χ3v) is 10.1. The molecule has 4 saturated heterocycles. The van der Waals surface area contributed by atoms with E-state index in [9.17, 15) is 9.50 Å². The van der Waals surface area contributed by atoms with E-state index >= 15 is 4.39 Å². The maximum absolute atomic E-state index is 16.8. The number of phenolic OH excluding ortho intramolecular Hbond substituents is 1. The van der Waals surface area contributed by atoms with Gasteiger partial charge in [-0.1, -0.05) is 35.9 Å². The summed E-state index contributed by atoms with van der Waals surface area (Å²) in [6, 6.07) is 13.0. The van der Waals surface area contributed by atoms with Crippen molar-refractivity contribution in [1.29, 1.82) is 0 Å². The van der Waals surface area contributed by atoms with Gasteiger partial charge in [0.15, 0.2) is 5.82 Å². The van der Waals surface area contributed by atoms with Crippen LogP contribution in [0.25, 0.3) is 32.8 Å². The van der Waals surface area contributed by atoms with Crippen molar-refractivity contribution in [3.05, 3.63) is 53.3 Å². The molecule has 1 aromatic heterocycles. The first-order valence-corrected chi connectivity index (χ1v) is 15.2. The van der Waals surface area contributed by atoms with Gasteiger partial charge < -0.3 is 20.1 Å². The fourth-order valence-electron chi connectivity index (χ4n) is 7.94. The molecule has 4 aromatic rings. The second-order valence-electron chi connectivity index (χ2n) is 12.3. The first-order valence-electron chi connectivity index (χ1n) is 14.8. The van der Waals surface area contributed by atoms with E-state index < -0.39 is 12.0 Å². The number of nitrogens with one attached hydrogen (secondary N) is 1. The molecule has 8 rings (SSSR count). The predicted molar refractivity (Wildman–Crippen MR) is 160 cm³/mol. The van der Waals surface area contributed by atoms with Crippen LogP contribution in [0.4, 0.5) is 14.6 Å². The average molecular weight is 592 g/mol. The SMILES string of the molecule is Oc1cc(-c2c(Cl)cc3c(N4C5CCC4CNC5)nc(OCC45CCCN4CC(F)C5)nc3c2F)c2ccccc2c1. The molecule has 7 nitrogen and oxygen atoms in total. The lowest BCUT2D eigenvalue weighted by Crippen LogP contribution is -2.52. The fraction of sp³-hybridized carbons (Fsp3) is 0.438. The van der Waals surface area contributed by atoms with E-state index in [0.29, 0.717) is 29.7 Å². The molecular weight excluding hydrogens is 560 g/mol. The van der Waals surface area contributed by atoms with Crippen LogP contribution in [-0.4, -0.2) is 76.6 Å². The zero-order valence-corrected chi connectivity index (χ0v) is 23.9. The average Bonchev–Trinajstić information content (AvgIpc) is 3.58. The Kier molecular flexibility index (Phi) is 6.21. The van der Waals surface area contributed by atoms with Gasteiger partial charge in [0.1, 0.15) is 29.9 Å². The number of hydrogen-bond acceptors (Lipinski definition) is 7. The monoisotopic (exact) mass is 591 g/mol. The topological polar surface area (TPSA) is 73.8 Å². The van der Waals surface area contributed by atoms with E-state index in [1.54, 1.807) is 12.1 Å². The number of rotatable bonds is 5. The molecule has 42 heavy (non-hydrogen) atoms. The second-order valence-corrected chi connectivity index (χ2v) is 12.7. The molecule has 4 atom stereocenters. The zero-order valence-electron chi connectivity index (χ0n) is 23.1. The van der Waals surface area contributed by atoms with Crippen LogP contribution >= 0.6 is 11.6 Å². The number of aromatic nitrogens is 2. The summed E-state index contributed by atoms with van der Waals surface area (Å²) in [6.07, 6.45) is 3.43. The van der Waals surface area contributed by atoms with E-state index in [1.165, 1.54) is 6.07 Å². The molecule has 0 amide bonds. The highest BCUT2D eigenvalue weighted by molar-refractivity contribution is 6.35. The minimum Gasteiger partial charge on any atom is -0.508 e. The molecule has 0 radical (unpaired) electrons. The minimum atomic E-state index is -0.877. The number of piperazine rings is 1. The van der Waals surface area contributed by atoms with Crippen molar-refractivity contribution >= 4 is 39.1 Å². The van der Waals surface area contributed by atoms with Gasteiger partial charge in [-0.05, 0) is 66.8 Å². The van der Waals surface area contributed by atoms with Crippen LogP contribution in [0.1, 0.15) is 32.1 Å². The van der Waals surface area contributed by atoms with Gasteiger partial charge in [0.25, 0.3) is 0 Å². The summed E-state index contributed by atoms with van der Waals surface area (Å²) in [7, 11) is 0. The highest BCUT2D eigenvalue weighted by Gasteiger charge is 2.49. The van der Waals surface area contributed by atoms with E-state index in [4.69, 9.17) is 21.3 Å². The number of benzene rings is 3. The molecular formula is C32H32ClF2N5O2. The lowest BCUT2D eigenvalue weighted by atomic mass is 9.95. The number of halogens is 3. The summed E-state index contributed by atoms with van der Waals surface area (Å²) in [4.78, 5) is 14.0. The van der Waals surface area contributed by atoms with Crippen LogP contribution in [0.5, 0.6) is 11.8 Å². The number of nitrogens with zero attached hydrogens (tertiary/aromatic N) is 4. The van der Waals surface area contributed by atoms with Gasteiger partial charge in [-0.15, -0.1) is 0 Å². The summed E-state index contributed by atoms with van der Waals surface area (Å²) in [5, 5.41) is 16.3. The van der Waals surface area contributed by atoms with Crippen molar-refractivity contribution in [2.75, 3.05) is 37.7 Å². The highest BCUT2D eigenvalue weighted by atomic mass is 35.5. The lowest BCUT2D eigenvalue weighted by Gasteiger charge is -2.37. The number of phenols is 1. The molecule has 4 fully saturated rings. The molecule has 2 bridgehead atoms. The van der Waals surface area contributed by atoms with E-state index in [0.717, 1.165) is 56.1 Å². The lowest BCUT2D eigenvalue weighted by molar-refractivity contribution is 0.107. The largest absolute Gasteiger partial charge is 0.508 e. The van der Waals surface area contributed by atoms with Crippen LogP contribution in [0.3, 0.4) is 0 Å². The van der Waals surface area contributed by atoms with Crippen LogP contribution < -0.4 is 15.0 Å². The highest BCUT2D eigenvalue weighted by Crippen LogP contribution is 2.45. The number of hydrogen-bond donors (Lipinski definition) is 2. The van der Waals surface area contributed by atoms with E-state index in [-0.39, 0.29) is 52.1 Å². The molecule has 10 heteroatoms. The van der Waals surface area contributed by atoms with Crippen molar-refractivity contribution in [2.45, 2.75) is 55.9 Å². The summed E-state index contributed by atoms with van der Waals surface area (Å²) in [6.45, 7) is 3.17. The smallest absolute Gasteiger partial charge is 0.319 e. The molecule has 0 saturated carbocycles. The Morgan fingerprint density at radius 3 is 2.74 bits per heavy atom. The van der Waals surface area contributed by atoms with Crippen LogP contribution in [-0.2, 0) is 0 Å². The van der Waals surface area contributed by atoms with E-state index in [2.05, 4.69) is 20.1 Å². The summed E-state index contributed by atoms with van der Waals surface area (Å²) >= 11 is 6.88. The Balaban J connectivity index is 1.29.